The summed E-state index contributed by atoms with van der Waals surface area (Å²) in [7, 11) is 0. The second-order valence-electron chi connectivity index (χ2n) is 6.54. The summed E-state index contributed by atoms with van der Waals surface area (Å²) in [6, 6.07) is 11.8. The molecule has 0 saturated carbocycles. The Morgan fingerprint density at radius 3 is 2.66 bits per heavy atom. The van der Waals surface area contributed by atoms with Gasteiger partial charge in [-0.2, -0.15) is 5.10 Å². The van der Waals surface area contributed by atoms with Crippen molar-refractivity contribution in [3.05, 3.63) is 82.4 Å². The van der Waals surface area contributed by atoms with E-state index in [9.17, 15) is 9.18 Å². The van der Waals surface area contributed by atoms with Crippen molar-refractivity contribution >= 4 is 22.4 Å². The highest BCUT2D eigenvalue weighted by Gasteiger charge is 2.20. The lowest BCUT2D eigenvalue weighted by Crippen LogP contribution is -2.14. The van der Waals surface area contributed by atoms with Crippen LogP contribution in [-0.4, -0.2) is 25.7 Å². The topological polar surface area (TPSA) is 72.7 Å². The number of nitrogens with zero attached hydrogens (tertiary/aromatic N) is 4. The third-order valence-corrected chi connectivity index (χ3v) is 5.26. The van der Waals surface area contributed by atoms with E-state index in [0.717, 1.165) is 17.0 Å². The summed E-state index contributed by atoms with van der Waals surface area (Å²) in [6.07, 6.45) is 1.70. The number of thiazole rings is 1. The Kier molecular flexibility index (Phi) is 5.18. The molecule has 4 rings (SSSR count). The van der Waals surface area contributed by atoms with Gasteiger partial charge in [0, 0.05) is 17.3 Å². The second-order valence-corrected chi connectivity index (χ2v) is 7.40. The highest BCUT2D eigenvalue weighted by atomic mass is 32.1. The molecule has 1 amide bonds. The molecule has 0 aliphatic heterocycles. The Morgan fingerprint density at radius 1 is 1.14 bits per heavy atom. The molecule has 4 aromatic rings. The van der Waals surface area contributed by atoms with E-state index >= 15 is 0 Å². The molecule has 0 fully saturated rings. The summed E-state index contributed by atoms with van der Waals surface area (Å²) in [5.74, 6) is -0.539. The van der Waals surface area contributed by atoms with Gasteiger partial charge in [0.1, 0.15) is 11.5 Å². The number of carbonyl (C=O) groups is 1. The maximum atomic E-state index is 13.1. The van der Waals surface area contributed by atoms with Gasteiger partial charge in [0.05, 0.1) is 23.5 Å². The summed E-state index contributed by atoms with van der Waals surface area (Å²) >= 11 is 1.34. The molecule has 3 heterocycles. The number of pyridine rings is 1. The van der Waals surface area contributed by atoms with Crippen molar-refractivity contribution in [3.8, 4) is 11.4 Å². The van der Waals surface area contributed by atoms with Gasteiger partial charge in [-0.05, 0) is 43.7 Å². The first kappa shape index (κ1) is 18.9. The van der Waals surface area contributed by atoms with Crippen LogP contribution in [0, 0.1) is 19.7 Å². The van der Waals surface area contributed by atoms with Crippen molar-refractivity contribution in [2.75, 3.05) is 5.32 Å². The summed E-state index contributed by atoms with van der Waals surface area (Å²) in [4.78, 5) is 21.6. The largest absolute Gasteiger partial charge is 0.298 e. The minimum atomic E-state index is -0.282. The van der Waals surface area contributed by atoms with E-state index in [1.54, 1.807) is 29.9 Å². The standard InChI is InChI=1S/C21H18FN5OS/c1-13-19(14(2)27(26-13)11-15-6-8-16(22)9-7-15)20(28)25-21-24-18(12-29-21)17-5-3-4-10-23-17/h3-10,12H,11H2,1-2H3,(H,24,25,28). The van der Waals surface area contributed by atoms with E-state index in [1.807, 2.05) is 30.5 Å². The zero-order chi connectivity index (χ0) is 20.4. The summed E-state index contributed by atoms with van der Waals surface area (Å²) in [5.41, 5.74) is 4.26. The highest BCUT2D eigenvalue weighted by molar-refractivity contribution is 7.14. The average Bonchev–Trinajstić information content (AvgIpc) is 3.28. The van der Waals surface area contributed by atoms with Crippen LogP contribution in [0.1, 0.15) is 27.3 Å². The normalized spacial score (nSPS) is 10.9. The number of carbonyl (C=O) groups excluding carboxylic acids is 1. The van der Waals surface area contributed by atoms with E-state index in [1.165, 1.54) is 23.5 Å². The van der Waals surface area contributed by atoms with Crippen LogP contribution in [-0.2, 0) is 6.54 Å². The molecule has 8 heteroatoms. The van der Waals surface area contributed by atoms with Gasteiger partial charge in [0.25, 0.3) is 5.91 Å². The molecule has 0 atom stereocenters. The van der Waals surface area contributed by atoms with Gasteiger partial charge in [-0.25, -0.2) is 9.37 Å². The summed E-state index contributed by atoms with van der Waals surface area (Å²) in [5, 5.41) is 9.69. The van der Waals surface area contributed by atoms with E-state index in [0.29, 0.717) is 28.6 Å². The average molecular weight is 407 g/mol. The van der Waals surface area contributed by atoms with Crippen LogP contribution in [0.25, 0.3) is 11.4 Å². The second kappa shape index (κ2) is 7.92. The van der Waals surface area contributed by atoms with Crippen LogP contribution in [0.15, 0.2) is 54.0 Å². The van der Waals surface area contributed by atoms with Crippen molar-refractivity contribution in [1.82, 2.24) is 19.7 Å². The molecule has 146 valence electrons. The number of halogens is 1. The fraction of sp³-hybridized carbons (Fsp3) is 0.143. The molecule has 0 aliphatic rings. The number of amides is 1. The van der Waals surface area contributed by atoms with Crippen LogP contribution >= 0.6 is 11.3 Å². The van der Waals surface area contributed by atoms with Crippen LogP contribution in [0.5, 0.6) is 0 Å². The van der Waals surface area contributed by atoms with Gasteiger partial charge in [-0.15, -0.1) is 11.3 Å². The third-order valence-electron chi connectivity index (χ3n) is 4.51. The summed E-state index contributed by atoms with van der Waals surface area (Å²) < 4.78 is 14.9. The van der Waals surface area contributed by atoms with Crippen molar-refractivity contribution in [1.29, 1.82) is 0 Å². The molecule has 1 N–H and O–H groups in total. The van der Waals surface area contributed by atoms with Crippen molar-refractivity contribution in [3.63, 3.8) is 0 Å². The number of aromatic nitrogens is 4. The first-order valence-electron chi connectivity index (χ1n) is 8.98. The van der Waals surface area contributed by atoms with E-state index in [2.05, 4.69) is 20.4 Å². The first-order chi connectivity index (χ1) is 14.0. The minimum Gasteiger partial charge on any atom is -0.298 e. The van der Waals surface area contributed by atoms with Crippen LogP contribution in [0.3, 0.4) is 0 Å². The number of rotatable bonds is 5. The lowest BCUT2D eigenvalue weighted by Gasteiger charge is -2.06. The molecule has 0 saturated heterocycles. The molecule has 0 unspecified atom stereocenters. The predicted molar refractivity (Wildman–Crippen MR) is 111 cm³/mol. The fourth-order valence-electron chi connectivity index (χ4n) is 3.06. The molecule has 6 nitrogen and oxygen atoms in total. The van der Waals surface area contributed by atoms with E-state index in [-0.39, 0.29) is 11.7 Å². The lowest BCUT2D eigenvalue weighted by atomic mass is 10.2. The predicted octanol–water partition coefficient (Wildman–Crippen LogP) is 4.46. The fourth-order valence-corrected chi connectivity index (χ4v) is 3.76. The Morgan fingerprint density at radius 2 is 1.93 bits per heavy atom. The van der Waals surface area contributed by atoms with Gasteiger partial charge < -0.3 is 0 Å². The maximum Gasteiger partial charge on any atom is 0.261 e. The number of hydrogen-bond acceptors (Lipinski definition) is 5. The number of aryl methyl sites for hydroxylation is 1. The zero-order valence-corrected chi connectivity index (χ0v) is 16.7. The van der Waals surface area contributed by atoms with E-state index < -0.39 is 0 Å². The minimum absolute atomic E-state index is 0.257. The van der Waals surface area contributed by atoms with Crippen LogP contribution < -0.4 is 5.32 Å². The molecule has 0 bridgehead atoms. The lowest BCUT2D eigenvalue weighted by molar-refractivity contribution is 0.102. The monoisotopic (exact) mass is 407 g/mol. The maximum absolute atomic E-state index is 13.1. The molecule has 0 radical (unpaired) electrons. The van der Waals surface area contributed by atoms with Gasteiger partial charge >= 0.3 is 0 Å². The SMILES string of the molecule is Cc1nn(Cc2ccc(F)cc2)c(C)c1C(=O)Nc1nc(-c2ccccn2)cs1. The van der Waals surface area contributed by atoms with Crippen molar-refractivity contribution in [2.45, 2.75) is 20.4 Å². The number of nitrogens with one attached hydrogen (secondary N) is 1. The zero-order valence-electron chi connectivity index (χ0n) is 15.9. The number of hydrogen-bond donors (Lipinski definition) is 1. The molecular formula is C21H18FN5OS. The third kappa shape index (κ3) is 4.07. The molecule has 0 spiro atoms. The first-order valence-corrected chi connectivity index (χ1v) is 9.86. The smallest absolute Gasteiger partial charge is 0.261 e. The Balaban J connectivity index is 1.52. The van der Waals surface area contributed by atoms with Gasteiger partial charge in [0.15, 0.2) is 5.13 Å². The van der Waals surface area contributed by atoms with Gasteiger partial charge in [-0.3, -0.25) is 19.8 Å². The van der Waals surface area contributed by atoms with Crippen molar-refractivity contribution in [2.24, 2.45) is 0 Å². The van der Waals surface area contributed by atoms with E-state index in [4.69, 9.17) is 0 Å². The molecule has 29 heavy (non-hydrogen) atoms. The van der Waals surface area contributed by atoms with Crippen LogP contribution in [0.4, 0.5) is 9.52 Å². The molecule has 0 aliphatic carbocycles. The molecule has 1 aromatic carbocycles. The van der Waals surface area contributed by atoms with Gasteiger partial charge in [-0.1, -0.05) is 18.2 Å². The van der Waals surface area contributed by atoms with Gasteiger partial charge in [0.2, 0.25) is 0 Å². The Bertz CT molecular complexity index is 1150. The molecular weight excluding hydrogens is 389 g/mol. The Hall–Kier alpha value is -3.39. The quantitative estimate of drug-likeness (QED) is 0.530. The van der Waals surface area contributed by atoms with Crippen LogP contribution in [0.2, 0.25) is 0 Å². The number of benzene rings is 1. The highest BCUT2D eigenvalue weighted by Crippen LogP contribution is 2.24. The molecule has 3 aromatic heterocycles. The summed E-state index contributed by atoms with van der Waals surface area (Å²) in [6.45, 7) is 4.10. The number of anilines is 1. The Labute approximate surface area is 171 Å². The van der Waals surface area contributed by atoms with Crippen molar-refractivity contribution < 1.29 is 9.18 Å².